The summed E-state index contributed by atoms with van der Waals surface area (Å²) in [6, 6.07) is 7.28. The van der Waals surface area contributed by atoms with Crippen molar-refractivity contribution in [3.05, 3.63) is 29.3 Å². The SMILES string of the molecule is CC(C)(C)C(=O)C(C#N)=Cc1ccc2c(c1)OCO2. The van der Waals surface area contributed by atoms with Crippen LogP contribution in [0, 0.1) is 16.7 Å². The van der Waals surface area contributed by atoms with Crippen molar-refractivity contribution in [3.63, 3.8) is 0 Å². The number of benzene rings is 1. The van der Waals surface area contributed by atoms with E-state index in [2.05, 4.69) is 0 Å². The van der Waals surface area contributed by atoms with E-state index in [1.54, 1.807) is 45.0 Å². The molecule has 0 bridgehead atoms. The van der Waals surface area contributed by atoms with Gasteiger partial charge in [-0.3, -0.25) is 4.79 Å². The van der Waals surface area contributed by atoms with E-state index in [1.165, 1.54) is 0 Å². The molecular formula is C15H15NO3. The van der Waals surface area contributed by atoms with Crippen LogP contribution in [0.3, 0.4) is 0 Å². The average molecular weight is 257 g/mol. The predicted octanol–water partition coefficient (Wildman–Crippen LogP) is 2.94. The third-order valence-corrected chi connectivity index (χ3v) is 2.75. The minimum atomic E-state index is -0.572. The van der Waals surface area contributed by atoms with Gasteiger partial charge in [0.15, 0.2) is 17.3 Å². The fraction of sp³-hybridized carbons (Fsp3) is 0.333. The van der Waals surface area contributed by atoms with Crippen LogP contribution in [0.25, 0.3) is 6.08 Å². The summed E-state index contributed by atoms with van der Waals surface area (Å²) in [4.78, 5) is 12.1. The Morgan fingerprint density at radius 2 is 2.00 bits per heavy atom. The topological polar surface area (TPSA) is 59.3 Å². The Bertz CT molecular complexity index is 588. The quantitative estimate of drug-likeness (QED) is 0.603. The second-order valence-electron chi connectivity index (χ2n) is 5.36. The van der Waals surface area contributed by atoms with Crippen LogP contribution in [0.2, 0.25) is 0 Å². The number of Topliss-reactive ketones (excluding diaryl/α,β-unsaturated/α-hetero) is 1. The number of fused-ring (bicyclic) bond motifs is 1. The van der Waals surface area contributed by atoms with E-state index >= 15 is 0 Å². The standard InChI is InChI=1S/C15H15NO3/c1-15(2,3)14(17)11(8-16)6-10-4-5-12-13(7-10)19-9-18-12/h4-7H,9H2,1-3H3. The molecule has 0 N–H and O–H groups in total. The monoisotopic (exact) mass is 257 g/mol. The second-order valence-corrected chi connectivity index (χ2v) is 5.36. The first-order valence-corrected chi connectivity index (χ1v) is 5.98. The first-order valence-electron chi connectivity index (χ1n) is 5.98. The number of nitriles is 1. The van der Waals surface area contributed by atoms with Crippen LogP contribution in [-0.2, 0) is 4.79 Å². The Morgan fingerprint density at radius 1 is 1.32 bits per heavy atom. The summed E-state index contributed by atoms with van der Waals surface area (Å²) < 4.78 is 10.5. The first kappa shape index (κ1) is 13.2. The fourth-order valence-corrected chi connectivity index (χ4v) is 1.72. The molecule has 19 heavy (non-hydrogen) atoms. The summed E-state index contributed by atoms with van der Waals surface area (Å²) in [5, 5.41) is 9.12. The maximum atomic E-state index is 12.1. The van der Waals surface area contributed by atoms with E-state index in [0.29, 0.717) is 11.5 Å². The second kappa shape index (κ2) is 4.77. The van der Waals surface area contributed by atoms with Crippen molar-refractivity contribution in [3.8, 4) is 17.6 Å². The van der Waals surface area contributed by atoms with E-state index < -0.39 is 5.41 Å². The largest absolute Gasteiger partial charge is 0.454 e. The molecule has 0 atom stereocenters. The lowest BCUT2D eigenvalue weighted by Gasteiger charge is -2.15. The molecule has 0 saturated carbocycles. The third kappa shape index (κ3) is 2.76. The number of carbonyl (C=O) groups excluding carboxylic acids is 1. The van der Waals surface area contributed by atoms with Crippen molar-refractivity contribution >= 4 is 11.9 Å². The molecule has 1 aliphatic rings. The summed E-state index contributed by atoms with van der Waals surface area (Å²) in [6.45, 7) is 5.58. The van der Waals surface area contributed by atoms with E-state index in [-0.39, 0.29) is 18.1 Å². The molecule has 0 aliphatic carbocycles. The zero-order valence-corrected chi connectivity index (χ0v) is 11.2. The van der Waals surface area contributed by atoms with E-state index in [1.807, 2.05) is 6.07 Å². The molecule has 4 nitrogen and oxygen atoms in total. The maximum absolute atomic E-state index is 12.1. The highest BCUT2D eigenvalue weighted by Gasteiger charge is 2.25. The Labute approximate surface area is 112 Å². The van der Waals surface area contributed by atoms with Crippen LogP contribution < -0.4 is 9.47 Å². The van der Waals surface area contributed by atoms with Crippen molar-refractivity contribution < 1.29 is 14.3 Å². The molecule has 1 aliphatic heterocycles. The molecule has 0 unspecified atom stereocenters. The van der Waals surface area contributed by atoms with Gasteiger partial charge in [-0.2, -0.15) is 5.26 Å². The van der Waals surface area contributed by atoms with Crippen molar-refractivity contribution in [2.75, 3.05) is 6.79 Å². The van der Waals surface area contributed by atoms with E-state index in [0.717, 1.165) is 5.56 Å². The van der Waals surface area contributed by atoms with Gasteiger partial charge in [0, 0.05) is 5.41 Å². The number of hydrogen-bond acceptors (Lipinski definition) is 4. The fourth-order valence-electron chi connectivity index (χ4n) is 1.72. The maximum Gasteiger partial charge on any atom is 0.231 e. The molecule has 2 rings (SSSR count). The van der Waals surface area contributed by atoms with Crippen LogP contribution in [0.1, 0.15) is 26.3 Å². The number of ether oxygens (including phenoxy) is 2. The molecule has 0 aromatic heterocycles. The molecule has 1 aromatic carbocycles. The third-order valence-electron chi connectivity index (χ3n) is 2.75. The smallest absolute Gasteiger partial charge is 0.231 e. The van der Waals surface area contributed by atoms with Gasteiger partial charge in [0.25, 0.3) is 0 Å². The molecule has 0 amide bonds. The van der Waals surface area contributed by atoms with Gasteiger partial charge < -0.3 is 9.47 Å². The number of nitrogens with zero attached hydrogens (tertiary/aromatic N) is 1. The summed E-state index contributed by atoms with van der Waals surface area (Å²) >= 11 is 0. The Kier molecular flexibility index (Phi) is 3.30. The molecular weight excluding hydrogens is 242 g/mol. The van der Waals surface area contributed by atoms with Gasteiger partial charge in [-0.05, 0) is 23.8 Å². The average Bonchev–Trinajstić information content (AvgIpc) is 2.81. The molecule has 98 valence electrons. The van der Waals surface area contributed by atoms with Gasteiger partial charge in [-0.1, -0.05) is 26.8 Å². The molecule has 4 heteroatoms. The lowest BCUT2D eigenvalue weighted by Crippen LogP contribution is -2.21. The van der Waals surface area contributed by atoms with Crippen molar-refractivity contribution in [1.82, 2.24) is 0 Å². The Balaban J connectivity index is 2.34. The normalized spacial score (nSPS) is 14.1. The number of allylic oxidation sites excluding steroid dienone is 1. The minimum Gasteiger partial charge on any atom is -0.454 e. The number of carbonyl (C=O) groups is 1. The molecule has 0 fully saturated rings. The Morgan fingerprint density at radius 3 is 2.63 bits per heavy atom. The first-order chi connectivity index (χ1) is 8.91. The minimum absolute atomic E-state index is 0.145. The molecule has 0 radical (unpaired) electrons. The summed E-state index contributed by atoms with van der Waals surface area (Å²) in [6.07, 6.45) is 1.58. The van der Waals surface area contributed by atoms with Crippen LogP contribution >= 0.6 is 0 Å². The van der Waals surface area contributed by atoms with E-state index in [4.69, 9.17) is 14.7 Å². The van der Waals surface area contributed by atoms with Crippen LogP contribution in [0.4, 0.5) is 0 Å². The van der Waals surface area contributed by atoms with Crippen molar-refractivity contribution in [1.29, 1.82) is 5.26 Å². The zero-order chi connectivity index (χ0) is 14.0. The highest BCUT2D eigenvalue weighted by Crippen LogP contribution is 2.33. The van der Waals surface area contributed by atoms with Crippen LogP contribution in [0.5, 0.6) is 11.5 Å². The lowest BCUT2D eigenvalue weighted by atomic mass is 9.86. The number of ketones is 1. The molecule has 0 spiro atoms. The highest BCUT2D eigenvalue weighted by atomic mass is 16.7. The number of rotatable bonds is 2. The van der Waals surface area contributed by atoms with Gasteiger partial charge in [0.05, 0.1) is 5.57 Å². The summed E-state index contributed by atoms with van der Waals surface area (Å²) in [5.41, 5.74) is 0.322. The predicted molar refractivity (Wildman–Crippen MR) is 70.6 cm³/mol. The van der Waals surface area contributed by atoms with Crippen LogP contribution in [0.15, 0.2) is 23.8 Å². The Hall–Kier alpha value is -2.28. The van der Waals surface area contributed by atoms with Crippen LogP contribution in [-0.4, -0.2) is 12.6 Å². The van der Waals surface area contributed by atoms with Gasteiger partial charge in [-0.15, -0.1) is 0 Å². The number of hydrogen-bond donors (Lipinski definition) is 0. The molecule has 0 saturated heterocycles. The molecule has 1 aromatic rings. The zero-order valence-electron chi connectivity index (χ0n) is 11.2. The summed E-state index contributed by atoms with van der Waals surface area (Å²) in [5.74, 6) is 1.14. The lowest BCUT2D eigenvalue weighted by molar-refractivity contribution is -0.121. The van der Waals surface area contributed by atoms with Crippen molar-refractivity contribution in [2.24, 2.45) is 5.41 Å². The summed E-state index contributed by atoms with van der Waals surface area (Å²) in [7, 11) is 0. The van der Waals surface area contributed by atoms with E-state index in [9.17, 15) is 4.79 Å². The van der Waals surface area contributed by atoms with Gasteiger partial charge in [0.1, 0.15) is 6.07 Å². The molecule has 1 heterocycles. The van der Waals surface area contributed by atoms with Gasteiger partial charge >= 0.3 is 0 Å². The van der Waals surface area contributed by atoms with Crippen molar-refractivity contribution in [2.45, 2.75) is 20.8 Å². The highest BCUT2D eigenvalue weighted by molar-refractivity contribution is 6.06. The van der Waals surface area contributed by atoms with Gasteiger partial charge in [0.2, 0.25) is 6.79 Å². The van der Waals surface area contributed by atoms with Gasteiger partial charge in [-0.25, -0.2) is 0 Å².